The molecular formula is C19H22F3NO2. The minimum atomic E-state index is -4.67. The molecule has 1 aliphatic carbocycles. The number of hydrogen-bond donors (Lipinski definition) is 0. The van der Waals surface area contributed by atoms with Gasteiger partial charge in [0.1, 0.15) is 5.75 Å². The van der Waals surface area contributed by atoms with Gasteiger partial charge in [0, 0.05) is 6.08 Å². The lowest BCUT2D eigenvalue weighted by molar-refractivity contribution is -0.274. The fraction of sp³-hybridized carbons (Fsp3) is 0.526. The molecule has 0 heterocycles. The van der Waals surface area contributed by atoms with Gasteiger partial charge in [0.2, 0.25) is 0 Å². The molecule has 0 amide bonds. The summed E-state index contributed by atoms with van der Waals surface area (Å²) in [6.07, 6.45) is 5.26. The molecule has 25 heavy (non-hydrogen) atoms. The zero-order valence-corrected chi connectivity index (χ0v) is 14.0. The van der Waals surface area contributed by atoms with Crippen LogP contribution < -0.4 is 4.74 Å². The fourth-order valence-electron chi connectivity index (χ4n) is 3.06. The van der Waals surface area contributed by atoms with E-state index >= 15 is 0 Å². The quantitative estimate of drug-likeness (QED) is 0.606. The molecule has 1 aromatic rings. The molecule has 0 bridgehead atoms. The van der Waals surface area contributed by atoms with Gasteiger partial charge in [0.25, 0.3) is 0 Å². The van der Waals surface area contributed by atoms with Crippen LogP contribution in [-0.2, 0) is 11.3 Å². The first kappa shape index (κ1) is 19.3. The molecule has 3 nitrogen and oxygen atoms in total. The Morgan fingerprint density at radius 2 is 1.80 bits per heavy atom. The topological polar surface area (TPSA) is 42.2 Å². The predicted molar refractivity (Wildman–Crippen MR) is 87.6 cm³/mol. The van der Waals surface area contributed by atoms with Crippen LogP contribution in [0.2, 0.25) is 0 Å². The molecule has 0 atom stereocenters. The van der Waals surface area contributed by atoms with Gasteiger partial charge in [0.05, 0.1) is 18.8 Å². The number of nitrogens with zero attached hydrogens (tertiary/aromatic N) is 1. The highest BCUT2D eigenvalue weighted by atomic mass is 19.4. The summed E-state index contributed by atoms with van der Waals surface area (Å²) in [6.45, 7) is 0.395. The van der Waals surface area contributed by atoms with Crippen LogP contribution in [0.15, 0.2) is 36.4 Å². The van der Waals surface area contributed by atoms with Crippen molar-refractivity contribution < 1.29 is 22.6 Å². The Morgan fingerprint density at radius 1 is 1.12 bits per heavy atom. The van der Waals surface area contributed by atoms with Gasteiger partial charge in [-0.05, 0) is 62.1 Å². The molecule has 1 saturated carbocycles. The number of alkyl halides is 3. The van der Waals surface area contributed by atoms with Crippen LogP contribution in [-0.4, -0.2) is 12.5 Å². The predicted octanol–water partition coefficient (Wildman–Crippen LogP) is 5.52. The summed E-state index contributed by atoms with van der Waals surface area (Å²) in [4.78, 5) is 0. The van der Waals surface area contributed by atoms with E-state index in [0.717, 1.165) is 44.1 Å². The lowest BCUT2D eigenvalue weighted by Crippen LogP contribution is -2.21. The number of hydrogen-bond acceptors (Lipinski definition) is 3. The minimum Gasteiger partial charge on any atom is -0.406 e. The maximum atomic E-state index is 12.1. The summed E-state index contributed by atoms with van der Waals surface area (Å²) in [6, 6.07) is 7.79. The lowest BCUT2D eigenvalue weighted by atomic mass is 9.84. The molecule has 1 aliphatic rings. The van der Waals surface area contributed by atoms with E-state index in [1.165, 1.54) is 18.2 Å². The van der Waals surface area contributed by atoms with Gasteiger partial charge in [-0.3, -0.25) is 0 Å². The van der Waals surface area contributed by atoms with E-state index in [1.807, 2.05) is 12.1 Å². The Kier molecular flexibility index (Phi) is 7.32. The lowest BCUT2D eigenvalue weighted by Gasteiger charge is -2.28. The Labute approximate surface area is 146 Å². The van der Waals surface area contributed by atoms with Crippen molar-refractivity contribution >= 4 is 0 Å². The van der Waals surface area contributed by atoms with Crippen molar-refractivity contribution in [3.8, 4) is 11.8 Å². The van der Waals surface area contributed by atoms with Crippen molar-refractivity contribution in [1.82, 2.24) is 0 Å². The highest BCUT2D eigenvalue weighted by Gasteiger charge is 2.31. The Bertz CT molecular complexity index is 582. The highest BCUT2D eigenvalue weighted by Crippen LogP contribution is 2.30. The molecule has 0 saturated heterocycles. The van der Waals surface area contributed by atoms with E-state index < -0.39 is 6.36 Å². The van der Waals surface area contributed by atoms with Gasteiger partial charge < -0.3 is 9.47 Å². The van der Waals surface area contributed by atoms with Crippen LogP contribution in [0.25, 0.3) is 0 Å². The molecule has 0 radical (unpaired) electrons. The maximum Gasteiger partial charge on any atom is 0.573 e. The monoisotopic (exact) mass is 353 g/mol. The van der Waals surface area contributed by atoms with Gasteiger partial charge in [-0.25, -0.2) is 0 Å². The van der Waals surface area contributed by atoms with Crippen molar-refractivity contribution in [3.63, 3.8) is 0 Å². The van der Waals surface area contributed by atoms with E-state index in [-0.39, 0.29) is 11.9 Å². The zero-order chi connectivity index (χ0) is 18.1. The number of nitriles is 1. The molecule has 0 spiro atoms. The molecule has 1 aromatic carbocycles. The average Bonchev–Trinajstić information content (AvgIpc) is 2.58. The Balaban J connectivity index is 1.67. The first-order valence-electron chi connectivity index (χ1n) is 8.47. The van der Waals surface area contributed by atoms with Crippen LogP contribution in [0.5, 0.6) is 5.75 Å². The number of allylic oxidation sites excluding steroid dienone is 2. The first-order valence-corrected chi connectivity index (χ1v) is 8.47. The van der Waals surface area contributed by atoms with Crippen LogP contribution in [0.4, 0.5) is 13.2 Å². The number of benzene rings is 1. The standard InChI is InChI=1S/C19H22F3NO2/c20-19(21,22)25-18-11-7-16(8-12-18)14-24-17-9-5-15(6-10-17)4-2-1-3-13-23/h1,3,7-8,11-12,15,17H,2,4-6,9-10,14H2/b3-1+. The summed E-state index contributed by atoms with van der Waals surface area (Å²) in [5.41, 5.74) is 0.832. The molecule has 0 unspecified atom stereocenters. The SMILES string of the molecule is N#C/C=C/CCC1CCC(OCc2ccc(OC(F)(F)F)cc2)CC1. The first-order chi connectivity index (χ1) is 12.0. The highest BCUT2D eigenvalue weighted by molar-refractivity contribution is 5.27. The van der Waals surface area contributed by atoms with Crippen molar-refractivity contribution in [2.75, 3.05) is 0 Å². The van der Waals surface area contributed by atoms with E-state index in [0.29, 0.717) is 12.5 Å². The third-order valence-electron chi connectivity index (χ3n) is 4.37. The summed E-state index contributed by atoms with van der Waals surface area (Å²) in [7, 11) is 0. The molecular weight excluding hydrogens is 331 g/mol. The van der Waals surface area contributed by atoms with Gasteiger partial charge in [0.15, 0.2) is 0 Å². The summed E-state index contributed by atoms with van der Waals surface area (Å²) in [5.74, 6) is 0.462. The minimum absolute atomic E-state index is 0.206. The molecule has 6 heteroatoms. The smallest absolute Gasteiger partial charge is 0.406 e. The van der Waals surface area contributed by atoms with E-state index in [2.05, 4.69) is 4.74 Å². The van der Waals surface area contributed by atoms with Gasteiger partial charge in [-0.1, -0.05) is 18.2 Å². The van der Waals surface area contributed by atoms with Gasteiger partial charge >= 0.3 is 6.36 Å². The molecule has 0 aromatic heterocycles. The van der Waals surface area contributed by atoms with Crippen molar-refractivity contribution in [1.29, 1.82) is 5.26 Å². The molecule has 136 valence electrons. The van der Waals surface area contributed by atoms with E-state index in [4.69, 9.17) is 10.00 Å². The van der Waals surface area contributed by atoms with Crippen LogP contribution in [0.3, 0.4) is 0 Å². The summed E-state index contributed by atoms with van der Waals surface area (Å²) < 4.78 is 46.1. The van der Waals surface area contributed by atoms with Crippen molar-refractivity contribution in [3.05, 3.63) is 42.0 Å². The average molecular weight is 353 g/mol. The summed E-state index contributed by atoms with van der Waals surface area (Å²) >= 11 is 0. The van der Waals surface area contributed by atoms with Crippen LogP contribution in [0.1, 0.15) is 44.1 Å². The second-order valence-electron chi connectivity index (χ2n) is 6.25. The normalized spacial score (nSPS) is 21.2. The maximum absolute atomic E-state index is 12.1. The summed E-state index contributed by atoms with van der Waals surface area (Å²) in [5, 5.41) is 8.45. The Morgan fingerprint density at radius 3 is 2.40 bits per heavy atom. The molecule has 2 rings (SSSR count). The second kappa shape index (κ2) is 9.47. The number of halogens is 3. The van der Waals surface area contributed by atoms with Crippen LogP contribution in [0, 0.1) is 17.2 Å². The largest absolute Gasteiger partial charge is 0.573 e. The van der Waals surface area contributed by atoms with Crippen LogP contribution >= 0.6 is 0 Å². The molecule has 0 N–H and O–H groups in total. The number of ether oxygens (including phenoxy) is 2. The Hall–Kier alpha value is -2.00. The van der Waals surface area contributed by atoms with Gasteiger partial charge in [-0.15, -0.1) is 13.2 Å². The van der Waals surface area contributed by atoms with E-state index in [9.17, 15) is 13.2 Å². The number of rotatable bonds is 7. The molecule has 1 fully saturated rings. The fourth-order valence-corrected chi connectivity index (χ4v) is 3.06. The van der Waals surface area contributed by atoms with Gasteiger partial charge in [-0.2, -0.15) is 5.26 Å². The molecule has 0 aliphatic heterocycles. The van der Waals surface area contributed by atoms with Crippen molar-refractivity contribution in [2.24, 2.45) is 5.92 Å². The zero-order valence-electron chi connectivity index (χ0n) is 14.0. The third kappa shape index (κ3) is 7.61. The van der Waals surface area contributed by atoms with E-state index in [1.54, 1.807) is 12.1 Å². The second-order valence-corrected chi connectivity index (χ2v) is 6.25. The third-order valence-corrected chi connectivity index (χ3v) is 4.37. The van der Waals surface area contributed by atoms with Crippen molar-refractivity contribution in [2.45, 2.75) is 57.6 Å².